The minimum Gasteiger partial charge on any atom is -0.497 e. The van der Waals surface area contributed by atoms with E-state index in [2.05, 4.69) is 26.6 Å². The first kappa shape index (κ1) is 25.5. The molecule has 10 nitrogen and oxygen atoms in total. The van der Waals surface area contributed by atoms with Gasteiger partial charge in [-0.2, -0.15) is 4.94 Å². The van der Waals surface area contributed by atoms with Crippen molar-refractivity contribution in [3.8, 4) is 11.5 Å². The third-order valence-corrected chi connectivity index (χ3v) is 5.69. The van der Waals surface area contributed by atoms with Crippen LogP contribution in [0.4, 0.5) is 28.7 Å². The molecule has 10 heteroatoms. The van der Waals surface area contributed by atoms with Gasteiger partial charge in [-0.1, -0.05) is 32.0 Å². The Hall–Kier alpha value is -4.57. The minimum atomic E-state index is -0.0727. The molecule has 3 aromatic carbocycles. The Morgan fingerprint density at radius 3 is 2.11 bits per heavy atom. The Balaban J connectivity index is 1.52. The second kappa shape index (κ2) is 11.9. The Labute approximate surface area is 215 Å². The van der Waals surface area contributed by atoms with Gasteiger partial charge in [0.1, 0.15) is 11.5 Å². The highest BCUT2D eigenvalue weighted by Crippen LogP contribution is 2.30. The van der Waals surface area contributed by atoms with Crippen LogP contribution in [-0.4, -0.2) is 30.1 Å². The third kappa shape index (κ3) is 6.56. The molecule has 0 spiro atoms. The van der Waals surface area contributed by atoms with Crippen molar-refractivity contribution in [3.63, 3.8) is 0 Å². The van der Waals surface area contributed by atoms with Crippen LogP contribution in [0.1, 0.15) is 20.3 Å². The van der Waals surface area contributed by atoms with Gasteiger partial charge in [0.15, 0.2) is 11.6 Å². The highest BCUT2D eigenvalue weighted by Gasteiger charge is 2.13. The van der Waals surface area contributed by atoms with Crippen LogP contribution in [0.3, 0.4) is 0 Å². The molecule has 1 heterocycles. The zero-order valence-electron chi connectivity index (χ0n) is 21.2. The van der Waals surface area contributed by atoms with E-state index in [1.165, 1.54) is 0 Å². The molecule has 0 bridgehead atoms. The molecule has 192 valence electrons. The summed E-state index contributed by atoms with van der Waals surface area (Å²) in [5.74, 6) is 1.94. The van der Waals surface area contributed by atoms with Crippen LogP contribution in [0.25, 0.3) is 11.0 Å². The lowest BCUT2D eigenvalue weighted by molar-refractivity contribution is -0.119. The van der Waals surface area contributed by atoms with E-state index in [0.29, 0.717) is 51.2 Å². The van der Waals surface area contributed by atoms with Crippen LogP contribution in [0.2, 0.25) is 0 Å². The number of hydrogen-bond donors (Lipinski definition) is 4. The van der Waals surface area contributed by atoms with E-state index < -0.39 is 0 Å². The number of carbonyl (C=O) groups excluding carboxylic acids is 1. The number of hydrogen-bond acceptors (Lipinski definition) is 9. The van der Waals surface area contributed by atoms with Gasteiger partial charge < -0.3 is 20.1 Å². The molecule has 0 saturated carbocycles. The number of ether oxygens (including phenoxy) is 2. The van der Waals surface area contributed by atoms with Crippen molar-refractivity contribution >= 4 is 45.6 Å². The first-order valence-electron chi connectivity index (χ1n) is 11.8. The fourth-order valence-corrected chi connectivity index (χ4v) is 3.42. The van der Waals surface area contributed by atoms with Crippen molar-refractivity contribution in [2.75, 3.05) is 35.8 Å². The zero-order chi connectivity index (χ0) is 26.2. The number of methoxy groups -OCH3 is 2. The number of aromatic nitrogens is 2. The van der Waals surface area contributed by atoms with Crippen LogP contribution in [0.15, 0.2) is 66.7 Å². The molecule has 1 atom stereocenters. The van der Waals surface area contributed by atoms with Gasteiger partial charge in [0.25, 0.3) is 0 Å². The average Bonchev–Trinajstić information content (AvgIpc) is 2.92. The standard InChI is InChI=1S/C27H30N6O4/c1-5-17(2)27(34)29-18-9-8-10-19(13-18)32-37-33-26-25(30-23-11-6-7-12-24(23)31-26)28-20-14-21(35-3)16-22(15-20)36-4/h6-17,32H,5H2,1-4H3,(H,28,30)(H,29,34)(H,31,33). The highest BCUT2D eigenvalue weighted by atomic mass is 16.8. The van der Waals surface area contributed by atoms with Crippen molar-refractivity contribution in [3.05, 3.63) is 66.7 Å². The highest BCUT2D eigenvalue weighted by molar-refractivity contribution is 5.92. The summed E-state index contributed by atoms with van der Waals surface area (Å²) in [7, 11) is 3.18. The number of para-hydroxylation sites is 2. The molecule has 0 aliphatic heterocycles. The third-order valence-electron chi connectivity index (χ3n) is 5.69. The maximum Gasteiger partial charge on any atom is 0.227 e. The summed E-state index contributed by atoms with van der Waals surface area (Å²) in [4.78, 5) is 27.1. The molecule has 4 rings (SSSR count). The van der Waals surface area contributed by atoms with Crippen LogP contribution >= 0.6 is 0 Å². The predicted octanol–water partition coefficient (Wildman–Crippen LogP) is 5.75. The number of fused-ring (bicyclic) bond motifs is 1. The quantitative estimate of drug-likeness (QED) is 0.190. The lowest BCUT2D eigenvalue weighted by Gasteiger charge is -2.15. The van der Waals surface area contributed by atoms with Crippen LogP contribution in [0, 0.1) is 5.92 Å². The summed E-state index contributed by atoms with van der Waals surface area (Å²) >= 11 is 0. The smallest absolute Gasteiger partial charge is 0.227 e. The molecule has 0 aliphatic rings. The van der Waals surface area contributed by atoms with Gasteiger partial charge in [0.05, 0.1) is 30.9 Å². The van der Waals surface area contributed by atoms with E-state index in [9.17, 15) is 4.79 Å². The topological polar surface area (TPSA) is 119 Å². The normalized spacial score (nSPS) is 11.5. The first-order chi connectivity index (χ1) is 18.0. The van der Waals surface area contributed by atoms with Crippen molar-refractivity contribution in [2.24, 2.45) is 5.92 Å². The molecule has 4 aromatic rings. The van der Waals surface area contributed by atoms with E-state index in [1.54, 1.807) is 26.4 Å². The van der Waals surface area contributed by atoms with Gasteiger partial charge >= 0.3 is 0 Å². The molecule has 1 unspecified atom stereocenters. The van der Waals surface area contributed by atoms with Gasteiger partial charge in [-0.05, 0) is 36.8 Å². The molecular formula is C27H30N6O4. The Bertz CT molecular complexity index is 1360. The second-order valence-corrected chi connectivity index (χ2v) is 8.32. The van der Waals surface area contributed by atoms with Gasteiger partial charge in [-0.3, -0.25) is 4.79 Å². The summed E-state index contributed by atoms with van der Waals surface area (Å²) in [5.41, 5.74) is 9.05. The van der Waals surface area contributed by atoms with Gasteiger partial charge in [-0.15, -0.1) is 0 Å². The largest absolute Gasteiger partial charge is 0.497 e. The van der Waals surface area contributed by atoms with Crippen LogP contribution in [0.5, 0.6) is 11.5 Å². The fourth-order valence-electron chi connectivity index (χ4n) is 3.42. The fraction of sp³-hybridized carbons (Fsp3) is 0.222. The summed E-state index contributed by atoms with van der Waals surface area (Å²) in [6, 6.07) is 20.2. The molecular weight excluding hydrogens is 472 g/mol. The second-order valence-electron chi connectivity index (χ2n) is 8.32. The molecule has 0 aliphatic carbocycles. The SMILES string of the molecule is CCC(C)C(=O)Nc1cccc(NONc2nc3ccccc3nc2Nc2cc(OC)cc(OC)c2)c1. The molecule has 1 aromatic heterocycles. The first-order valence-corrected chi connectivity index (χ1v) is 11.8. The summed E-state index contributed by atoms with van der Waals surface area (Å²) in [5, 5.41) is 6.17. The predicted molar refractivity (Wildman–Crippen MR) is 145 cm³/mol. The van der Waals surface area contributed by atoms with E-state index in [1.807, 2.05) is 68.4 Å². The van der Waals surface area contributed by atoms with Crippen LogP contribution in [-0.2, 0) is 9.73 Å². The van der Waals surface area contributed by atoms with E-state index in [4.69, 9.17) is 19.4 Å². The van der Waals surface area contributed by atoms with Crippen molar-refractivity contribution < 1.29 is 19.2 Å². The maximum atomic E-state index is 12.2. The number of rotatable bonds is 11. The Morgan fingerprint density at radius 1 is 0.811 bits per heavy atom. The molecule has 0 saturated heterocycles. The van der Waals surface area contributed by atoms with Crippen LogP contribution < -0.4 is 31.1 Å². The van der Waals surface area contributed by atoms with Gasteiger partial charge in [0.2, 0.25) is 5.91 Å². The van der Waals surface area contributed by atoms with Gasteiger partial charge in [-0.25, -0.2) is 20.9 Å². The van der Waals surface area contributed by atoms with Crippen molar-refractivity contribution in [2.45, 2.75) is 20.3 Å². The summed E-state index contributed by atoms with van der Waals surface area (Å²) < 4.78 is 10.7. The number of anilines is 5. The summed E-state index contributed by atoms with van der Waals surface area (Å²) in [6.45, 7) is 3.87. The molecule has 1 amide bonds. The van der Waals surface area contributed by atoms with Gasteiger partial charge in [0, 0.05) is 35.5 Å². The average molecular weight is 503 g/mol. The minimum absolute atomic E-state index is 0.0324. The zero-order valence-corrected chi connectivity index (χ0v) is 21.2. The number of carbonyl (C=O) groups is 1. The molecule has 37 heavy (non-hydrogen) atoms. The van der Waals surface area contributed by atoms with E-state index in [-0.39, 0.29) is 11.8 Å². The van der Waals surface area contributed by atoms with E-state index >= 15 is 0 Å². The van der Waals surface area contributed by atoms with Crippen molar-refractivity contribution in [1.29, 1.82) is 0 Å². The number of benzene rings is 3. The number of nitrogens with one attached hydrogen (secondary N) is 4. The Morgan fingerprint density at radius 2 is 1.46 bits per heavy atom. The number of nitrogens with zero attached hydrogens (tertiary/aromatic N) is 2. The summed E-state index contributed by atoms with van der Waals surface area (Å²) in [6.07, 6.45) is 0.766. The molecule has 0 fully saturated rings. The van der Waals surface area contributed by atoms with E-state index in [0.717, 1.165) is 6.42 Å². The van der Waals surface area contributed by atoms with Crippen molar-refractivity contribution in [1.82, 2.24) is 9.97 Å². The number of amides is 1. The maximum absolute atomic E-state index is 12.2. The Kier molecular flexibility index (Phi) is 8.22. The monoisotopic (exact) mass is 502 g/mol. The lowest BCUT2D eigenvalue weighted by Crippen LogP contribution is -2.19. The molecule has 4 N–H and O–H groups in total. The molecule has 0 radical (unpaired) electrons. The lowest BCUT2D eigenvalue weighted by atomic mass is 10.1.